The van der Waals surface area contributed by atoms with E-state index in [4.69, 9.17) is 9.90 Å². The number of nitrogens with zero attached hydrogens (tertiary/aromatic N) is 2. The van der Waals surface area contributed by atoms with Gasteiger partial charge in [-0.15, -0.1) is 0 Å². The molecule has 0 saturated carbocycles. The Morgan fingerprint density at radius 3 is 1.79 bits per heavy atom. The number of alkyl halides is 3. The Morgan fingerprint density at radius 1 is 0.794 bits per heavy atom. The van der Waals surface area contributed by atoms with Gasteiger partial charge in [0.05, 0.1) is 0 Å². The fourth-order valence-corrected chi connectivity index (χ4v) is 3.10. The van der Waals surface area contributed by atoms with Crippen LogP contribution in [-0.4, -0.2) is 28.2 Å². The van der Waals surface area contributed by atoms with Gasteiger partial charge < -0.3 is 15.0 Å². The first-order chi connectivity index (χ1) is 16.2. The van der Waals surface area contributed by atoms with Crippen molar-refractivity contribution < 1.29 is 37.5 Å². The summed E-state index contributed by atoms with van der Waals surface area (Å²) < 4.78 is 33.2. The van der Waals surface area contributed by atoms with Gasteiger partial charge in [0.1, 0.15) is 17.9 Å². The Hall–Kier alpha value is -4.53. The SMILES string of the molecule is O=C(O)c1cc(-c2ccccc2)cc(-c2ccccc2)[n+]1-c1ccccn1.O=C([O-])C(F)(F)F. The monoisotopic (exact) mass is 466 g/mol. The fourth-order valence-electron chi connectivity index (χ4n) is 3.10. The molecule has 1 N–H and O–H groups in total. The van der Waals surface area contributed by atoms with Crippen molar-refractivity contribution in [3.8, 4) is 28.2 Å². The number of rotatable bonds is 4. The van der Waals surface area contributed by atoms with E-state index in [1.165, 1.54) is 0 Å². The number of hydrogen-bond acceptors (Lipinski definition) is 4. The predicted octanol–water partition coefficient (Wildman–Crippen LogP) is 3.69. The summed E-state index contributed by atoms with van der Waals surface area (Å²) in [5, 5.41) is 18.7. The third-order valence-corrected chi connectivity index (χ3v) is 4.57. The van der Waals surface area contributed by atoms with E-state index in [0.717, 1.165) is 22.4 Å². The Morgan fingerprint density at radius 2 is 1.32 bits per heavy atom. The normalized spacial score (nSPS) is 10.7. The molecule has 0 fully saturated rings. The fraction of sp³-hybridized carbons (Fsp3) is 0.0400. The van der Waals surface area contributed by atoms with Crippen LogP contribution in [0.1, 0.15) is 10.5 Å². The standard InChI is InChI=1S/C23H16N2O2.C2HF3O2/c26-23(27)21-16-19(17-9-3-1-4-10-17)15-20(18-11-5-2-6-12-18)25(21)22-13-7-8-14-24-22;3-2(4,5)1(6)7/h1-16H;(H,6,7). The second-order valence-electron chi connectivity index (χ2n) is 6.86. The zero-order valence-corrected chi connectivity index (χ0v) is 17.4. The zero-order valence-electron chi connectivity index (χ0n) is 17.4. The van der Waals surface area contributed by atoms with Crippen molar-refractivity contribution in [2.75, 3.05) is 0 Å². The van der Waals surface area contributed by atoms with Crippen molar-refractivity contribution in [1.29, 1.82) is 0 Å². The van der Waals surface area contributed by atoms with Gasteiger partial charge in [-0.25, -0.2) is 4.79 Å². The van der Waals surface area contributed by atoms with Crippen LogP contribution in [0.25, 0.3) is 28.2 Å². The van der Waals surface area contributed by atoms with Crippen LogP contribution in [0.5, 0.6) is 0 Å². The first-order valence-corrected chi connectivity index (χ1v) is 9.82. The van der Waals surface area contributed by atoms with Gasteiger partial charge in [-0.3, -0.25) is 0 Å². The van der Waals surface area contributed by atoms with E-state index < -0.39 is 18.1 Å². The highest BCUT2D eigenvalue weighted by atomic mass is 19.4. The van der Waals surface area contributed by atoms with Gasteiger partial charge in [-0.1, -0.05) is 66.7 Å². The topological polar surface area (TPSA) is 94.2 Å². The minimum Gasteiger partial charge on any atom is -0.542 e. The molecule has 0 aliphatic carbocycles. The summed E-state index contributed by atoms with van der Waals surface area (Å²) in [4.78, 5) is 25.3. The number of aliphatic carboxylic acids is 1. The Kier molecular flexibility index (Phi) is 7.37. The van der Waals surface area contributed by atoms with E-state index >= 15 is 0 Å². The number of halogens is 3. The van der Waals surface area contributed by atoms with Crippen molar-refractivity contribution in [1.82, 2.24) is 4.98 Å². The van der Waals surface area contributed by atoms with Gasteiger partial charge in [0.15, 0.2) is 0 Å². The van der Waals surface area contributed by atoms with Crippen LogP contribution in [-0.2, 0) is 4.79 Å². The highest BCUT2D eigenvalue weighted by Gasteiger charge is 2.29. The molecule has 0 radical (unpaired) electrons. The lowest BCUT2D eigenvalue weighted by Gasteiger charge is -2.12. The molecule has 0 aliphatic heterocycles. The lowest BCUT2D eigenvalue weighted by atomic mass is 10.0. The molecule has 9 heteroatoms. The van der Waals surface area contributed by atoms with Crippen molar-refractivity contribution in [3.05, 3.63) is 103 Å². The second-order valence-corrected chi connectivity index (χ2v) is 6.86. The first kappa shape index (κ1) is 24.1. The summed E-state index contributed by atoms with van der Waals surface area (Å²) in [6.07, 6.45) is -3.53. The molecular formula is C25H17F3N2O4. The molecule has 0 atom stereocenters. The van der Waals surface area contributed by atoms with Gasteiger partial charge in [-0.05, 0) is 28.2 Å². The number of aromatic nitrogens is 2. The molecule has 0 bridgehead atoms. The average Bonchev–Trinajstić information content (AvgIpc) is 2.84. The Labute approximate surface area is 192 Å². The summed E-state index contributed by atoms with van der Waals surface area (Å²) in [5.74, 6) is -3.45. The summed E-state index contributed by atoms with van der Waals surface area (Å²) in [5.41, 5.74) is 3.66. The molecule has 2 aromatic carbocycles. The van der Waals surface area contributed by atoms with Crippen LogP contribution in [0.2, 0.25) is 0 Å². The molecule has 0 saturated heterocycles. The van der Waals surface area contributed by atoms with Crippen molar-refractivity contribution in [3.63, 3.8) is 0 Å². The van der Waals surface area contributed by atoms with Gasteiger partial charge in [0, 0.05) is 17.7 Å². The van der Waals surface area contributed by atoms with Crippen LogP contribution in [0.15, 0.2) is 97.2 Å². The number of carboxylic acid groups (broad SMARTS) is 2. The van der Waals surface area contributed by atoms with E-state index in [2.05, 4.69) is 4.98 Å². The molecule has 4 aromatic rings. The number of carboxylic acids is 2. The first-order valence-electron chi connectivity index (χ1n) is 9.82. The van der Waals surface area contributed by atoms with Gasteiger partial charge in [0.25, 0.3) is 0 Å². The smallest absolute Gasteiger partial charge is 0.430 e. The lowest BCUT2D eigenvalue weighted by molar-refractivity contribution is -0.591. The number of carbonyl (C=O) groups excluding carboxylic acids is 1. The van der Waals surface area contributed by atoms with Crippen LogP contribution < -0.4 is 9.67 Å². The molecule has 2 heterocycles. The molecule has 0 aliphatic rings. The summed E-state index contributed by atoms with van der Waals surface area (Å²) in [7, 11) is 0. The Bertz CT molecular complexity index is 1280. The third-order valence-electron chi connectivity index (χ3n) is 4.57. The quantitative estimate of drug-likeness (QED) is 0.463. The molecular weight excluding hydrogens is 449 g/mol. The maximum absolute atomic E-state index is 12.1. The zero-order chi connectivity index (χ0) is 24.7. The summed E-state index contributed by atoms with van der Waals surface area (Å²) in [6, 6.07) is 28.7. The second kappa shape index (κ2) is 10.4. The van der Waals surface area contributed by atoms with Crippen molar-refractivity contribution in [2.24, 2.45) is 0 Å². The van der Waals surface area contributed by atoms with E-state index in [1.54, 1.807) is 22.9 Å². The minimum atomic E-state index is -5.19. The summed E-state index contributed by atoms with van der Waals surface area (Å²) in [6.45, 7) is 0. The molecule has 4 rings (SSSR count). The molecule has 34 heavy (non-hydrogen) atoms. The molecule has 0 amide bonds. The number of aromatic carboxylic acids is 1. The van der Waals surface area contributed by atoms with Gasteiger partial charge >= 0.3 is 18.0 Å². The van der Waals surface area contributed by atoms with Gasteiger partial charge in [-0.2, -0.15) is 17.7 Å². The van der Waals surface area contributed by atoms with Gasteiger partial charge in [0.2, 0.25) is 5.69 Å². The molecule has 0 unspecified atom stereocenters. The van der Waals surface area contributed by atoms with Crippen LogP contribution in [0.4, 0.5) is 13.2 Å². The number of carbonyl (C=O) groups is 2. The molecule has 2 aromatic heterocycles. The molecule has 0 spiro atoms. The van der Waals surface area contributed by atoms with Crippen molar-refractivity contribution >= 4 is 11.9 Å². The Balaban J connectivity index is 0.000000406. The number of hydrogen-bond donors (Lipinski definition) is 1. The summed E-state index contributed by atoms with van der Waals surface area (Å²) >= 11 is 0. The molecule has 172 valence electrons. The predicted molar refractivity (Wildman–Crippen MR) is 115 cm³/mol. The largest absolute Gasteiger partial charge is 0.542 e. The lowest BCUT2D eigenvalue weighted by Crippen LogP contribution is -2.41. The van der Waals surface area contributed by atoms with Crippen LogP contribution in [0, 0.1) is 0 Å². The maximum Gasteiger partial charge on any atom is 0.430 e. The van der Waals surface area contributed by atoms with E-state index in [1.807, 2.05) is 78.9 Å². The van der Waals surface area contributed by atoms with Crippen LogP contribution in [0.3, 0.4) is 0 Å². The van der Waals surface area contributed by atoms with E-state index in [-0.39, 0.29) is 5.69 Å². The van der Waals surface area contributed by atoms with Crippen molar-refractivity contribution in [2.45, 2.75) is 6.18 Å². The minimum absolute atomic E-state index is 0.161. The highest BCUT2D eigenvalue weighted by Crippen LogP contribution is 2.26. The van der Waals surface area contributed by atoms with E-state index in [0.29, 0.717) is 5.82 Å². The average molecular weight is 466 g/mol. The van der Waals surface area contributed by atoms with E-state index in [9.17, 15) is 23.1 Å². The molecule has 6 nitrogen and oxygen atoms in total. The van der Waals surface area contributed by atoms with Crippen LogP contribution >= 0.6 is 0 Å². The number of benzene rings is 2. The highest BCUT2D eigenvalue weighted by molar-refractivity contribution is 5.86. The third kappa shape index (κ3) is 5.83. The number of pyridine rings is 2. The maximum atomic E-state index is 12.1.